The van der Waals surface area contributed by atoms with Gasteiger partial charge in [-0.25, -0.2) is 18.0 Å². The zero-order valence-corrected chi connectivity index (χ0v) is 12.6. The Morgan fingerprint density at radius 2 is 1.43 bits per heavy atom. The summed E-state index contributed by atoms with van der Waals surface area (Å²) in [6, 6.07) is 0. The number of alkyl halides is 1. The van der Waals surface area contributed by atoms with Gasteiger partial charge in [0.25, 0.3) is 0 Å². The highest BCUT2D eigenvalue weighted by atomic mass is 35.5. The van der Waals surface area contributed by atoms with E-state index in [-0.39, 0.29) is 6.42 Å². The molecule has 1 aromatic carbocycles. The molecule has 0 radical (unpaired) electrons. The van der Waals surface area contributed by atoms with Crippen molar-refractivity contribution >= 4 is 23.5 Å². The SMILES string of the molecule is CCC(C)(Cl)C(=O)OCC(=O)Oc1c(F)c(F)c(F)c(F)c1F. The lowest BCUT2D eigenvalue weighted by molar-refractivity contribution is -0.155. The van der Waals surface area contributed by atoms with Gasteiger partial charge in [-0.05, 0) is 13.3 Å². The zero-order valence-electron chi connectivity index (χ0n) is 11.8. The number of hydrogen-bond donors (Lipinski definition) is 0. The maximum Gasteiger partial charge on any atom is 0.349 e. The number of carbonyl (C=O) groups is 2. The predicted molar refractivity (Wildman–Crippen MR) is 67.4 cm³/mol. The molecule has 0 aliphatic heterocycles. The largest absolute Gasteiger partial charge is 0.452 e. The third-order valence-electron chi connectivity index (χ3n) is 2.80. The Balaban J connectivity index is 2.86. The molecule has 0 amide bonds. The van der Waals surface area contributed by atoms with Gasteiger partial charge in [0.2, 0.25) is 34.8 Å². The number of hydrogen-bond acceptors (Lipinski definition) is 4. The second-order valence-corrected chi connectivity index (χ2v) is 5.33. The molecule has 0 saturated heterocycles. The van der Waals surface area contributed by atoms with Gasteiger partial charge in [0.1, 0.15) is 4.87 Å². The van der Waals surface area contributed by atoms with Crippen LogP contribution in [0.1, 0.15) is 20.3 Å². The van der Waals surface area contributed by atoms with Crippen LogP contribution in [0.4, 0.5) is 22.0 Å². The fourth-order valence-corrected chi connectivity index (χ4v) is 1.29. The summed E-state index contributed by atoms with van der Waals surface area (Å²) in [5.74, 6) is -15.9. The van der Waals surface area contributed by atoms with E-state index in [1.54, 1.807) is 6.92 Å². The first-order chi connectivity index (χ1) is 10.5. The molecule has 4 nitrogen and oxygen atoms in total. The van der Waals surface area contributed by atoms with Gasteiger partial charge >= 0.3 is 11.9 Å². The van der Waals surface area contributed by atoms with Gasteiger partial charge in [0.05, 0.1) is 0 Å². The maximum atomic E-state index is 13.3. The van der Waals surface area contributed by atoms with Crippen LogP contribution in [0.25, 0.3) is 0 Å². The summed E-state index contributed by atoms with van der Waals surface area (Å²) >= 11 is 5.74. The van der Waals surface area contributed by atoms with Crippen molar-refractivity contribution in [2.75, 3.05) is 6.61 Å². The molecule has 128 valence electrons. The number of halogens is 6. The lowest BCUT2D eigenvalue weighted by Gasteiger charge is -2.17. The van der Waals surface area contributed by atoms with Crippen molar-refractivity contribution in [1.29, 1.82) is 0 Å². The van der Waals surface area contributed by atoms with E-state index in [1.807, 2.05) is 0 Å². The van der Waals surface area contributed by atoms with Crippen molar-refractivity contribution in [2.45, 2.75) is 25.1 Å². The Hall–Kier alpha value is -1.90. The molecule has 0 aliphatic rings. The van der Waals surface area contributed by atoms with Gasteiger partial charge in [-0.1, -0.05) is 6.92 Å². The third kappa shape index (κ3) is 4.10. The van der Waals surface area contributed by atoms with E-state index in [9.17, 15) is 31.5 Å². The first-order valence-electron chi connectivity index (χ1n) is 6.11. The minimum atomic E-state index is -2.40. The first kappa shape index (κ1) is 19.1. The second-order valence-electron chi connectivity index (χ2n) is 4.50. The highest BCUT2D eigenvalue weighted by Gasteiger charge is 2.32. The van der Waals surface area contributed by atoms with Crippen LogP contribution in [-0.2, 0) is 14.3 Å². The number of rotatable bonds is 5. The van der Waals surface area contributed by atoms with Crippen LogP contribution in [0.5, 0.6) is 5.75 Å². The fraction of sp³-hybridized carbons (Fsp3) is 0.385. The van der Waals surface area contributed by atoms with E-state index in [0.29, 0.717) is 0 Å². The summed E-state index contributed by atoms with van der Waals surface area (Å²) in [7, 11) is 0. The molecule has 1 atom stereocenters. The summed E-state index contributed by atoms with van der Waals surface area (Å²) in [5, 5.41) is 0. The number of carbonyl (C=O) groups excluding carboxylic acids is 2. The van der Waals surface area contributed by atoms with Gasteiger partial charge in [-0.3, -0.25) is 4.79 Å². The van der Waals surface area contributed by atoms with Crippen LogP contribution < -0.4 is 4.74 Å². The highest BCUT2D eigenvalue weighted by Crippen LogP contribution is 2.29. The molecule has 23 heavy (non-hydrogen) atoms. The predicted octanol–water partition coefficient (Wildman–Crippen LogP) is 3.24. The van der Waals surface area contributed by atoms with Gasteiger partial charge in [-0.15, -0.1) is 11.6 Å². The standard InChI is InChI=1S/C13H10ClF5O4/c1-3-13(2,14)12(21)22-4-5(20)23-11-9(18)7(16)6(15)8(17)10(11)19/h3-4H2,1-2H3. The number of esters is 2. The number of ether oxygens (including phenoxy) is 2. The normalized spacial score (nSPS) is 13.4. The second kappa shape index (κ2) is 7.12. The molecule has 1 aromatic rings. The molecule has 1 unspecified atom stereocenters. The van der Waals surface area contributed by atoms with Crippen LogP contribution in [-0.4, -0.2) is 23.4 Å². The molecule has 0 aliphatic carbocycles. The summed E-state index contributed by atoms with van der Waals surface area (Å²) in [4.78, 5) is 21.3. The molecule has 10 heteroatoms. The molecule has 0 N–H and O–H groups in total. The maximum absolute atomic E-state index is 13.3. The van der Waals surface area contributed by atoms with Crippen LogP contribution in [0.3, 0.4) is 0 Å². The van der Waals surface area contributed by atoms with Crippen molar-refractivity contribution in [3.05, 3.63) is 29.1 Å². The summed E-state index contributed by atoms with van der Waals surface area (Å²) in [5.41, 5.74) is 0. The van der Waals surface area contributed by atoms with E-state index in [2.05, 4.69) is 9.47 Å². The van der Waals surface area contributed by atoms with Gasteiger partial charge in [-0.2, -0.15) is 8.78 Å². The van der Waals surface area contributed by atoms with Crippen molar-refractivity contribution in [1.82, 2.24) is 0 Å². The van der Waals surface area contributed by atoms with E-state index in [1.165, 1.54) is 6.92 Å². The Morgan fingerprint density at radius 1 is 1.00 bits per heavy atom. The minimum absolute atomic E-state index is 0.153. The molecule has 0 fully saturated rings. The zero-order chi connectivity index (χ0) is 17.9. The molecular weight excluding hydrogens is 351 g/mol. The topological polar surface area (TPSA) is 52.6 Å². The number of benzene rings is 1. The first-order valence-corrected chi connectivity index (χ1v) is 6.49. The molecule has 0 spiro atoms. The average Bonchev–Trinajstić information content (AvgIpc) is 2.52. The van der Waals surface area contributed by atoms with Crippen molar-refractivity contribution in [3.63, 3.8) is 0 Å². The molecule has 0 bridgehead atoms. The van der Waals surface area contributed by atoms with Crippen molar-refractivity contribution < 1.29 is 41.0 Å². The van der Waals surface area contributed by atoms with Crippen LogP contribution in [0.2, 0.25) is 0 Å². The Bertz CT molecular complexity index is 619. The van der Waals surface area contributed by atoms with E-state index < -0.39 is 58.3 Å². The van der Waals surface area contributed by atoms with Crippen LogP contribution in [0.15, 0.2) is 0 Å². The van der Waals surface area contributed by atoms with Crippen LogP contribution >= 0.6 is 11.6 Å². The van der Waals surface area contributed by atoms with E-state index in [0.717, 1.165) is 0 Å². The van der Waals surface area contributed by atoms with Gasteiger partial charge in [0.15, 0.2) is 6.61 Å². The summed E-state index contributed by atoms with van der Waals surface area (Å²) in [6.07, 6.45) is 0.153. The molecule has 0 heterocycles. The summed E-state index contributed by atoms with van der Waals surface area (Å²) in [6.45, 7) is 1.73. The average molecular weight is 361 g/mol. The minimum Gasteiger partial charge on any atom is -0.452 e. The lowest BCUT2D eigenvalue weighted by atomic mass is 10.1. The molecule has 0 saturated carbocycles. The van der Waals surface area contributed by atoms with Gasteiger partial charge < -0.3 is 9.47 Å². The van der Waals surface area contributed by atoms with Crippen molar-refractivity contribution in [3.8, 4) is 5.75 Å². The summed E-state index contributed by atoms with van der Waals surface area (Å²) < 4.78 is 73.7. The quantitative estimate of drug-likeness (QED) is 0.202. The molecule has 1 rings (SSSR count). The Kier molecular flexibility index (Phi) is 5.92. The highest BCUT2D eigenvalue weighted by molar-refractivity contribution is 6.33. The third-order valence-corrected chi connectivity index (χ3v) is 3.22. The van der Waals surface area contributed by atoms with Crippen LogP contribution in [0, 0.1) is 29.1 Å². The molecular formula is C13H10ClF5O4. The lowest BCUT2D eigenvalue weighted by Crippen LogP contribution is -2.32. The van der Waals surface area contributed by atoms with Gasteiger partial charge in [0, 0.05) is 0 Å². The smallest absolute Gasteiger partial charge is 0.349 e. The van der Waals surface area contributed by atoms with E-state index in [4.69, 9.17) is 11.6 Å². The van der Waals surface area contributed by atoms with Crippen molar-refractivity contribution in [2.24, 2.45) is 0 Å². The van der Waals surface area contributed by atoms with E-state index >= 15 is 0 Å². The molecule has 0 aromatic heterocycles. The Labute approximate surface area is 132 Å². The monoisotopic (exact) mass is 360 g/mol. The fourth-order valence-electron chi connectivity index (χ4n) is 1.24. The Morgan fingerprint density at radius 3 is 1.87 bits per heavy atom.